The Labute approximate surface area is 120 Å². The fraction of sp³-hybridized carbons (Fsp3) is 0.375. The molecule has 0 atom stereocenters. The Morgan fingerprint density at radius 1 is 1.35 bits per heavy atom. The van der Waals surface area contributed by atoms with Gasteiger partial charge in [-0.1, -0.05) is 26.8 Å². The second kappa shape index (κ2) is 6.36. The number of hydrogen-bond acceptors (Lipinski definition) is 3. The number of nitrogens with one attached hydrogen (secondary N) is 1. The number of hydrogen-bond donors (Lipinski definition) is 1. The minimum Gasteiger partial charge on any atom is -0.313 e. The van der Waals surface area contributed by atoms with Gasteiger partial charge in [0.2, 0.25) is 0 Å². The second-order valence-corrected chi connectivity index (χ2v) is 5.08. The van der Waals surface area contributed by atoms with E-state index in [1.807, 2.05) is 30.5 Å². The molecule has 4 nitrogen and oxygen atoms in total. The Balaban J connectivity index is 2.33. The van der Waals surface area contributed by atoms with Crippen LogP contribution < -0.4 is 5.32 Å². The van der Waals surface area contributed by atoms with Crippen molar-refractivity contribution in [3.8, 4) is 11.8 Å². The molecule has 0 saturated carbocycles. The molecular weight excluding hydrogens is 248 g/mol. The third-order valence-electron chi connectivity index (χ3n) is 3.21. The van der Waals surface area contributed by atoms with E-state index in [4.69, 9.17) is 0 Å². The minimum absolute atomic E-state index is 0.384. The van der Waals surface area contributed by atoms with E-state index >= 15 is 0 Å². The number of nitrogens with zero attached hydrogens (tertiary/aromatic N) is 3. The molecule has 0 amide bonds. The summed E-state index contributed by atoms with van der Waals surface area (Å²) in [7, 11) is 0. The van der Waals surface area contributed by atoms with E-state index in [0.717, 1.165) is 30.0 Å². The van der Waals surface area contributed by atoms with Crippen LogP contribution in [0.5, 0.6) is 0 Å². The van der Waals surface area contributed by atoms with Gasteiger partial charge < -0.3 is 5.32 Å². The predicted octanol–water partition coefficient (Wildman–Crippen LogP) is 2.98. The highest BCUT2D eigenvalue weighted by molar-refractivity contribution is 5.50. The molecule has 0 unspecified atom stereocenters. The van der Waals surface area contributed by atoms with E-state index < -0.39 is 0 Å². The Morgan fingerprint density at radius 3 is 2.75 bits per heavy atom. The summed E-state index contributed by atoms with van der Waals surface area (Å²) in [6.07, 6.45) is 1.91. The maximum absolute atomic E-state index is 9.33. The Morgan fingerprint density at radius 2 is 2.15 bits per heavy atom. The second-order valence-electron chi connectivity index (χ2n) is 5.08. The maximum Gasteiger partial charge on any atom is 0.101 e. The van der Waals surface area contributed by atoms with Crippen molar-refractivity contribution in [2.75, 3.05) is 6.54 Å². The van der Waals surface area contributed by atoms with Gasteiger partial charge in [-0.2, -0.15) is 10.4 Å². The number of benzene rings is 1. The number of aromatic nitrogens is 2. The number of nitriles is 1. The first-order valence-electron chi connectivity index (χ1n) is 6.95. The molecule has 1 N–H and O–H groups in total. The molecule has 2 aromatic rings. The lowest BCUT2D eigenvalue weighted by molar-refractivity contribution is 0.725. The zero-order valence-corrected chi connectivity index (χ0v) is 12.2. The first-order chi connectivity index (χ1) is 9.65. The van der Waals surface area contributed by atoms with Crippen molar-refractivity contribution in [1.29, 1.82) is 5.26 Å². The van der Waals surface area contributed by atoms with E-state index in [-0.39, 0.29) is 0 Å². The van der Waals surface area contributed by atoms with Crippen molar-refractivity contribution >= 4 is 0 Å². The smallest absolute Gasteiger partial charge is 0.101 e. The highest BCUT2D eigenvalue weighted by Crippen LogP contribution is 2.18. The van der Waals surface area contributed by atoms with Gasteiger partial charge in [0, 0.05) is 12.7 Å². The van der Waals surface area contributed by atoms with Gasteiger partial charge in [-0.25, -0.2) is 4.68 Å². The van der Waals surface area contributed by atoms with Gasteiger partial charge in [-0.3, -0.25) is 0 Å². The summed E-state index contributed by atoms with van der Waals surface area (Å²) < 4.78 is 1.78. The van der Waals surface area contributed by atoms with E-state index in [1.54, 1.807) is 4.68 Å². The fourth-order valence-electron chi connectivity index (χ4n) is 2.03. The highest BCUT2D eigenvalue weighted by Gasteiger charge is 2.09. The predicted molar refractivity (Wildman–Crippen MR) is 79.7 cm³/mol. The molecule has 0 radical (unpaired) electrons. The first kappa shape index (κ1) is 14.3. The van der Waals surface area contributed by atoms with Crippen molar-refractivity contribution in [2.24, 2.45) is 0 Å². The van der Waals surface area contributed by atoms with Crippen molar-refractivity contribution in [2.45, 2.75) is 33.2 Å². The standard InChI is InChI=1S/C16H20N4/c1-4-18-11-13-5-6-16(14(9-13)10-17)20-8-7-15(19-20)12(2)3/h5-9,12,18H,4,11H2,1-3H3. The van der Waals surface area contributed by atoms with Crippen molar-refractivity contribution < 1.29 is 0 Å². The van der Waals surface area contributed by atoms with Gasteiger partial charge in [0.15, 0.2) is 0 Å². The van der Waals surface area contributed by atoms with Gasteiger partial charge in [0.05, 0.1) is 16.9 Å². The SMILES string of the molecule is CCNCc1ccc(-n2ccc(C(C)C)n2)c(C#N)c1. The van der Waals surface area contributed by atoms with Crippen LogP contribution >= 0.6 is 0 Å². The third-order valence-corrected chi connectivity index (χ3v) is 3.21. The molecule has 20 heavy (non-hydrogen) atoms. The summed E-state index contributed by atoms with van der Waals surface area (Å²) >= 11 is 0. The van der Waals surface area contributed by atoms with Crippen LogP contribution in [0.2, 0.25) is 0 Å². The van der Waals surface area contributed by atoms with Crippen LogP contribution in [0.1, 0.15) is 43.5 Å². The van der Waals surface area contributed by atoms with Crippen LogP contribution in [0.25, 0.3) is 5.69 Å². The Bertz CT molecular complexity index is 620. The molecule has 2 rings (SSSR count). The molecule has 1 aromatic carbocycles. The summed E-state index contributed by atoms with van der Waals surface area (Å²) in [5.41, 5.74) is 3.63. The molecule has 0 aliphatic carbocycles. The molecule has 0 spiro atoms. The van der Waals surface area contributed by atoms with Crippen LogP contribution in [0.15, 0.2) is 30.5 Å². The molecular formula is C16H20N4. The zero-order valence-electron chi connectivity index (χ0n) is 12.2. The molecule has 0 fully saturated rings. The van der Waals surface area contributed by atoms with Crippen molar-refractivity contribution in [3.05, 3.63) is 47.3 Å². The molecule has 1 heterocycles. The van der Waals surface area contributed by atoms with Crippen LogP contribution in [0.4, 0.5) is 0 Å². The summed E-state index contributed by atoms with van der Waals surface area (Å²) in [6, 6.07) is 10.2. The summed E-state index contributed by atoms with van der Waals surface area (Å²) in [6.45, 7) is 7.98. The maximum atomic E-state index is 9.33. The van der Waals surface area contributed by atoms with E-state index in [2.05, 4.69) is 37.3 Å². The average Bonchev–Trinajstić information content (AvgIpc) is 2.94. The molecule has 0 bridgehead atoms. The molecule has 1 aromatic heterocycles. The van der Waals surface area contributed by atoms with Gasteiger partial charge in [0.1, 0.15) is 6.07 Å². The van der Waals surface area contributed by atoms with Gasteiger partial charge in [-0.15, -0.1) is 0 Å². The van der Waals surface area contributed by atoms with E-state index in [9.17, 15) is 5.26 Å². The Kier molecular flexibility index (Phi) is 4.54. The average molecular weight is 268 g/mol. The lowest BCUT2D eigenvalue weighted by Gasteiger charge is -2.08. The molecule has 104 valence electrons. The summed E-state index contributed by atoms with van der Waals surface area (Å²) in [5.74, 6) is 0.384. The Hall–Kier alpha value is -2.12. The topological polar surface area (TPSA) is 53.6 Å². The molecule has 0 aliphatic heterocycles. The summed E-state index contributed by atoms with van der Waals surface area (Å²) in [4.78, 5) is 0. The lowest BCUT2D eigenvalue weighted by atomic mass is 10.1. The van der Waals surface area contributed by atoms with Gasteiger partial charge >= 0.3 is 0 Å². The summed E-state index contributed by atoms with van der Waals surface area (Å²) in [5, 5.41) is 17.1. The van der Waals surface area contributed by atoms with Crippen LogP contribution in [0, 0.1) is 11.3 Å². The number of rotatable bonds is 5. The normalized spacial score (nSPS) is 10.8. The zero-order chi connectivity index (χ0) is 14.5. The van der Waals surface area contributed by atoms with Crippen molar-refractivity contribution in [3.63, 3.8) is 0 Å². The minimum atomic E-state index is 0.384. The van der Waals surface area contributed by atoms with Crippen LogP contribution in [-0.4, -0.2) is 16.3 Å². The highest BCUT2D eigenvalue weighted by atomic mass is 15.3. The molecule has 4 heteroatoms. The van der Waals surface area contributed by atoms with E-state index in [0.29, 0.717) is 11.5 Å². The first-order valence-corrected chi connectivity index (χ1v) is 6.95. The molecule has 0 aliphatic rings. The van der Waals surface area contributed by atoms with Gasteiger partial charge in [0.25, 0.3) is 0 Å². The van der Waals surface area contributed by atoms with E-state index in [1.165, 1.54) is 0 Å². The van der Waals surface area contributed by atoms with Gasteiger partial charge in [-0.05, 0) is 36.2 Å². The largest absolute Gasteiger partial charge is 0.313 e. The van der Waals surface area contributed by atoms with Crippen molar-refractivity contribution in [1.82, 2.24) is 15.1 Å². The third kappa shape index (κ3) is 3.06. The quantitative estimate of drug-likeness (QED) is 0.907. The monoisotopic (exact) mass is 268 g/mol. The lowest BCUT2D eigenvalue weighted by Crippen LogP contribution is -2.12. The fourth-order valence-corrected chi connectivity index (χ4v) is 2.03. The van der Waals surface area contributed by atoms with Crippen LogP contribution in [0.3, 0.4) is 0 Å². The van der Waals surface area contributed by atoms with Crippen LogP contribution in [-0.2, 0) is 6.54 Å². The molecule has 0 saturated heterocycles.